The minimum atomic E-state index is 0.638. The molecule has 0 aliphatic carbocycles. The molecule has 5 heteroatoms. The summed E-state index contributed by atoms with van der Waals surface area (Å²) < 4.78 is 0. The molecule has 0 amide bonds. The Balaban J connectivity index is 1.79. The van der Waals surface area contributed by atoms with Gasteiger partial charge in [0.1, 0.15) is 5.01 Å². The van der Waals surface area contributed by atoms with Crippen LogP contribution in [-0.4, -0.2) is 35.4 Å². The molecule has 0 aromatic carbocycles. The normalized spacial score (nSPS) is 29.8. The van der Waals surface area contributed by atoms with Crippen molar-refractivity contribution in [3.8, 4) is 0 Å². The molecule has 3 rings (SSSR count). The van der Waals surface area contributed by atoms with E-state index in [0.717, 1.165) is 16.7 Å². The summed E-state index contributed by atoms with van der Waals surface area (Å²) in [7, 11) is 0. The number of nitrogens with zero attached hydrogens (tertiary/aromatic N) is 3. The Morgan fingerprint density at radius 1 is 1.24 bits per heavy atom. The number of aromatic nitrogens is 2. The molecule has 4 nitrogen and oxygen atoms in total. The zero-order chi connectivity index (χ0) is 11.7. The molecular weight excluding hydrogens is 232 g/mol. The molecule has 3 heterocycles. The summed E-state index contributed by atoms with van der Waals surface area (Å²) in [6.45, 7) is 4.37. The standard InChI is InChI=1S/C12H20N4S/c1-9-14-15-12(17-9)16-8-3-2-6-11(16)10-5-4-7-13-10/h10-11,13H,2-8H2,1H3. The van der Waals surface area contributed by atoms with Crippen molar-refractivity contribution in [2.45, 2.75) is 51.1 Å². The summed E-state index contributed by atoms with van der Waals surface area (Å²) in [5, 5.41) is 14.3. The Hall–Kier alpha value is -0.680. The van der Waals surface area contributed by atoms with Crippen molar-refractivity contribution in [3.05, 3.63) is 5.01 Å². The number of hydrogen-bond acceptors (Lipinski definition) is 5. The van der Waals surface area contributed by atoms with Gasteiger partial charge in [-0.2, -0.15) is 0 Å². The average Bonchev–Trinajstić information content (AvgIpc) is 3.00. The minimum Gasteiger partial charge on any atom is -0.342 e. The number of hydrogen-bond donors (Lipinski definition) is 1. The van der Waals surface area contributed by atoms with Crippen LogP contribution in [0.15, 0.2) is 0 Å². The molecule has 0 radical (unpaired) electrons. The van der Waals surface area contributed by atoms with E-state index in [-0.39, 0.29) is 0 Å². The van der Waals surface area contributed by atoms with Gasteiger partial charge in [-0.15, -0.1) is 10.2 Å². The molecular formula is C12H20N4S. The van der Waals surface area contributed by atoms with Gasteiger partial charge in [0.25, 0.3) is 0 Å². The van der Waals surface area contributed by atoms with Gasteiger partial charge in [0.15, 0.2) is 0 Å². The molecule has 2 atom stereocenters. The molecule has 2 fully saturated rings. The number of piperidine rings is 1. The van der Waals surface area contributed by atoms with Gasteiger partial charge in [-0.25, -0.2) is 0 Å². The molecule has 94 valence electrons. The SMILES string of the molecule is Cc1nnc(N2CCCCC2C2CCCN2)s1. The van der Waals surface area contributed by atoms with Gasteiger partial charge in [-0.1, -0.05) is 11.3 Å². The molecule has 2 saturated heterocycles. The van der Waals surface area contributed by atoms with Gasteiger partial charge in [-0.05, 0) is 45.6 Å². The first kappa shape index (κ1) is 11.4. The third kappa shape index (κ3) is 2.31. The maximum Gasteiger partial charge on any atom is 0.208 e. The van der Waals surface area contributed by atoms with Crippen LogP contribution < -0.4 is 10.2 Å². The highest BCUT2D eigenvalue weighted by molar-refractivity contribution is 7.15. The number of anilines is 1. The highest BCUT2D eigenvalue weighted by Crippen LogP contribution is 2.30. The molecule has 17 heavy (non-hydrogen) atoms. The van der Waals surface area contributed by atoms with Gasteiger partial charge in [0, 0.05) is 18.6 Å². The fourth-order valence-corrected chi connectivity index (χ4v) is 3.83. The fourth-order valence-electron chi connectivity index (χ4n) is 3.06. The van der Waals surface area contributed by atoms with Gasteiger partial charge >= 0.3 is 0 Å². The first-order valence-corrected chi connectivity index (χ1v) is 7.46. The summed E-state index contributed by atoms with van der Waals surface area (Å²) in [5.41, 5.74) is 0. The summed E-state index contributed by atoms with van der Waals surface area (Å²) in [4.78, 5) is 2.50. The van der Waals surface area contributed by atoms with Crippen LogP contribution in [0, 0.1) is 6.92 Å². The van der Waals surface area contributed by atoms with Crippen molar-refractivity contribution >= 4 is 16.5 Å². The predicted molar refractivity (Wildman–Crippen MR) is 70.7 cm³/mol. The van der Waals surface area contributed by atoms with E-state index in [0.29, 0.717) is 12.1 Å². The molecule has 0 spiro atoms. The summed E-state index contributed by atoms with van der Waals surface area (Å²) in [6, 6.07) is 1.30. The smallest absolute Gasteiger partial charge is 0.208 e. The summed E-state index contributed by atoms with van der Waals surface area (Å²) in [5.74, 6) is 0. The lowest BCUT2D eigenvalue weighted by molar-refractivity contribution is 0.377. The van der Waals surface area contributed by atoms with Crippen molar-refractivity contribution in [1.82, 2.24) is 15.5 Å². The predicted octanol–water partition coefficient (Wildman–Crippen LogP) is 1.96. The van der Waals surface area contributed by atoms with Crippen molar-refractivity contribution in [2.75, 3.05) is 18.0 Å². The third-order valence-electron chi connectivity index (χ3n) is 3.87. The van der Waals surface area contributed by atoms with Crippen LogP contribution in [0.3, 0.4) is 0 Å². The van der Waals surface area contributed by atoms with E-state index in [1.54, 1.807) is 11.3 Å². The van der Waals surface area contributed by atoms with Crippen LogP contribution in [0.4, 0.5) is 5.13 Å². The first-order valence-electron chi connectivity index (χ1n) is 6.65. The van der Waals surface area contributed by atoms with E-state index in [2.05, 4.69) is 20.4 Å². The molecule has 2 aliphatic rings. The number of nitrogens with one attached hydrogen (secondary N) is 1. The third-order valence-corrected chi connectivity index (χ3v) is 4.75. The summed E-state index contributed by atoms with van der Waals surface area (Å²) >= 11 is 1.73. The second-order valence-electron chi connectivity index (χ2n) is 5.06. The van der Waals surface area contributed by atoms with E-state index in [9.17, 15) is 0 Å². The van der Waals surface area contributed by atoms with Gasteiger partial charge in [0.05, 0.1) is 0 Å². The average molecular weight is 252 g/mol. The monoisotopic (exact) mass is 252 g/mol. The van der Waals surface area contributed by atoms with Crippen molar-refractivity contribution in [2.24, 2.45) is 0 Å². The Morgan fingerprint density at radius 2 is 2.18 bits per heavy atom. The number of rotatable bonds is 2. The van der Waals surface area contributed by atoms with Crippen molar-refractivity contribution in [1.29, 1.82) is 0 Å². The topological polar surface area (TPSA) is 41.1 Å². The molecule has 1 aromatic rings. The molecule has 1 aromatic heterocycles. The first-order chi connectivity index (χ1) is 8.34. The summed E-state index contributed by atoms with van der Waals surface area (Å²) in [6.07, 6.45) is 6.60. The Morgan fingerprint density at radius 3 is 2.88 bits per heavy atom. The lowest BCUT2D eigenvalue weighted by Gasteiger charge is -2.38. The highest BCUT2D eigenvalue weighted by atomic mass is 32.1. The van der Waals surface area contributed by atoms with E-state index in [1.807, 2.05) is 6.92 Å². The lowest BCUT2D eigenvalue weighted by atomic mass is 9.95. The second-order valence-corrected chi connectivity index (χ2v) is 6.22. The fraction of sp³-hybridized carbons (Fsp3) is 0.833. The molecule has 0 saturated carbocycles. The van der Waals surface area contributed by atoms with Crippen LogP contribution in [0.1, 0.15) is 37.1 Å². The van der Waals surface area contributed by atoms with Crippen LogP contribution in [0.5, 0.6) is 0 Å². The van der Waals surface area contributed by atoms with Crippen LogP contribution in [0.25, 0.3) is 0 Å². The maximum atomic E-state index is 4.33. The van der Waals surface area contributed by atoms with Crippen LogP contribution in [-0.2, 0) is 0 Å². The van der Waals surface area contributed by atoms with Crippen LogP contribution in [0.2, 0.25) is 0 Å². The Bertz CT molecular complexity index is 372. The zero-order valence-electron chi connectivity index (χ0n) is 10.4. The maximum absolute atomic E-state index is 4.33. The Labute approximate surface area is 106 Å². The molecule has 2 unspecified atom stereocenters. The molecule has 1 N–H and O–H groups in total. The molecule has 0 bridgehead atoms. The van der Waals surface area contributed by atoms with E-state index in [4.69, 9.17) is 0 Å². The Kier molecular flexibility index (Phi) is 3.29. The van der Waals surface area contributed by atoms with Crippen molar-refractivity contribution in [3.63, 3.8) is 0 Å². The zero-order valence-corrected chi connectivity index (χ0v) is 11.2. The van der Waals surface area contributed by atoms with Gasteiger partial charge in [-0.3, -0.25) is 0 Å². The lowest BCUT2D eigenvalue weighted by Crippen LogP contribution is -2.50. The molecule has 2 aliphatic heterocycles. The van der Waals surface area contributed by atoms with Gasteiger partial charge < -0.3 is 10.2 Å². The number of aryl methyl sites for hydroxylation is 1. The highest BCUT2D eigenvalue weighted by Gasteiger charge is 2.33. The minimum absolute atomic E-state index is 0.638. The van der Waals surface area contributed by atoms with Crippen LogP contribution >= 0.6 is 11.3 Å². The largest absolute Gasteiger partial charge is 0.342 e. The van der Waals surface area contributed by atoms with Crippen molar-refractivity contribution < 1.29 is 0 Å². The second kappa shape index (κ2) is 4.90. The van der Waals surface area contributed by atoms with E-state index in [1.165, 1.54) is 38.6 Å². The van der Waals surface area contributed by atoms with E-state index >= 15 is 0 Å². The van der Waals surface area contributed by atoms with Gasteiger partial charge in [0.2, 0.25) is 5.13 Å². The van der Waals surface area contributed by atoms with E-state index < -0.39 is 0 Å². The quantitative estimate of drug-likeness (QED) is 0.873.